The maximum atomic E-state index is 12.0. The van der Waals surface area contributed by atoms with E-state index in [1.165, 1.54) is 50.1 Å². The number of carbonyl (C=O) groups is 1. The number of aromatic nitrogens is 1. The van der Waals surface area contributed by atoms with Crippen LogP contribution in [-0.2, 0) is 4.79 Å². The lowest BCUT2D eigenvalue weighted by Gasteiger charge is -2.31. The SMILES string of the molecule is Cc1csc(NC(=O)CC2CCN(C3CC3)CC2)n1. The monoisotopic (exact) mass is 279 g/mol. The quantitative estimate of drug-likeness (QED) is 0.921. The summed E-state index contributed by atoms with van der Waals surface area (Å²) < 4.78 is 0. The van der Waals surface area contributed by atoms with E-state index in [9.17, 15) is 4.79 Å². The molecular weight excluding hydrogens is 258 g/mol. The molecule has 19 heavy (non-hydrogen) atoms. The molecule has 2 aliphatic rings. The Morgan fingerprint density at radius 2 is 2.16 bits per heavy atom. The van der Waals surface area contributed by atoms with E-state index in [2.05, 4.69) is 15.2 Å². The number of likely N-dealkylation sites (tertiary alicyclic amines) is 1. The molecule has 0 unspecified atom stereocenters. The fourth-order valence-electron chi connectivity index (χ4n) is 2.81. The normalized spacial score (nSPS) is 21.5. The number of amides is 1. The highest BCUT2D eigenvalue weighted by molar-refractivity contribution is 7.13. The predicted octanol–water partition coefficient (Wildman–Crippen LogP) is 2.65. The highest BCUT2D eigenvalue weighted by atomic mass is 32.1. The molecule has 1 saturated heterocycles. The first-order valence-electron chi connectivity index (χ1n) is 7.17. The van der Waals surface area contributed by atoms with Gasteiger partial charge in [-0.3, -0.25) is 4.79 Å². The van der Waals surface area contributed by atoms with E-state index in [-0.39, 0.29) is 5.91 Å². The molecule has 4 nitrogen and oxygen atoms in total. The van der Waals surface area contributed by atoms with Gasteiger partial charge in [-0.1, -0.05) is 0 Å². The summed E-state index contributed by atoms with van der Waals surface area (Å²) in [5.41, 5.74) is 0.970. The second-order valence-electron chi connectivity index (χ2n) is 5.76. The average molecular weight is 279 g/mol. The van der Waals surface area contributed by atoms with E-state index < -0.39 is 0 Å². The molecule has 3 rings (SSSR count). The molecule has 1 amide bonds. The first-order chi connectivity index (χ1) is 9.20. The van der Waals surface area contributed by atoms with E-state index in [0.29, 0.717) is 12.3 Å². The molecule has 1 saturated carbocycles. The summed E-state index contributed by atoms with van der Waals surface area (Å²) in [4.78, 5) is 18.8. The highest BCUT2D eigenvalue weighted by Gasteiger charge is 2.32. The van der Waals surface area contributed by atoms with Crippen molar-refractivity contribution in [3.8, 4) is 0 Å². The van der Waals surface area contributed by atoms with Gasteiger partial charge in [0.05, 0.1) is 5.69 Å². The number of piperidine rings is 1. The Hall–Kier alpha value is -0.940. The Labute approximate surface area is 118 Å². The van der Waals surface area contributed by atoms with E-state index in [1.807, 2.05) is 12.3 Å². The molecule has 1 aromatic rings. The van der Waals surface area contributed by atoms with Gasteiger partial charge in [0.1, 0.15) is 0 Å². The van der Waals surface area contributed by atoms with E-state index in [1.54, 1.807) is 0 Å². The third-order valence-electron chi connectivity index (χ3n) is 4.05. The van der Waals surface area contributed by atoms with Gasteiger partial charge >= 0.3 is 0 Å². The van der Waals surface area contributed by atoms with Crippen molar-refractivity contribution in [2.75, 3.05) is 18.4 Å². The lowest BCUT2D eigenvalue weighted by atomic mass is 9.93. The third-order valence-corrected chi connectivity index (χ3v) is 4.93. The first kappa shape index (κ1) is 13.1. The van der Waals surface area contributed by atoms with Crippen LogP contribution >= 0.6 is 11.3 Å². The molecule has 2 heterocycles. The summed E-state index contributed by atoms with van der Waals surface area (Å²) in [5.74, 6) is 0.676. The van der Waals surface area contributed by atoms with E-state index >= 15 is 0 Å². The predicted molar refractivity (Wildman–Crippen MR) is 77.4 cm³/mol. The van der Waals surface area contributed by atoms with Crippen molar-refractivity contribution < 1.29 is 4.79 Å². The van der Waals surface area contributed by atoms with Gasteiger partial charge in [-0.2, -0.15) is 0 Å². The number of carbonyl (C=O) groups excluding carboxylic acids is 1. The Morgan fingerprint density at radius 3 is 2.74 bits per heavy atom. The molecule has 2 fully saturated rings. The van der Waals surface area contributed by atoms with Crippen LogP contribution in [0.25, 0.3) is 0 Å². The van der Waals surface area contributed by atoms with Crippen LogP contribution in [0.1, 0.15) is 37.8 Å². The lowest BCUT2D eigenvalue weighted by Crippen LogP contribution is -2.36. The number of anilines is 1. The Balaban J connectivity index is 1.42. The molecule has 0 aromatic carbocycles. The minimum Gasteiger partial charge on any atom is -0.302 e. The Morgan fingerprint density at radius 1 is 1.42 bits per heavy atom. The van der Waals surface area contributed by atoms with Crippen molar-refractivity contribution >= 4 is 22.4 Å². The Kier molecular flexibility index (Phi) is 3.84. The van der Waals surface area contributed by atoms with E-state index in [0.717, 1.165) is 16.9 Å². The molecule has 1 N–H and O–H groups in total. The maximum Gasteiger partial charge on any atom is 0.226 e. The van der Waals surface area contributed by atoms with Gasteiger partial charge in [0, 0.05) is 17.8 Å². The van der Waals surface area contributed by atoms with Gasteiger partial charge in [-0.25, -0.2) is 4.98 Å². The van der Waals surface area contributed by atoms with E-state index in [4.69, 9.17) is 0 Å². The second kappa shape index (κ2) is 5.59. The van der Waals surface area contributed by atoms with Crippen LogP contribution in [0.15, 0.2) is 5.38 Å². The zero-order valence-electron chi connectivity index (χ0n) is 11.4. The zero-order chi connectivity index (χ0) is 13.2. The van der Waals surface area contributed by atoms with Crippen molar-refractivity contribution in [3.63, 3.8) is 0 Å². The van der Waals surface area contributed by atoms with Crippen LogP contribution in [0.5, 0.6) is 0 Å². The minimum atomic E-state index is 0.124. The molecular formula is C14H21N3OS. The topological polar surface area (TPSA) is 45.2 Å². The first-order valence-corrected chi connectivity index (χ1v) is 8.04. The standard InChI is InChI=1S/C14H21N3OS/c1-10-9-19-14(15-10)16-13(18)8-11-4-6-17(7-5-11)12-2-3-12/h9,11-12H,2-8H2,1H3,(H,15,16,18). The lowest BCUT2D eigenvalue weighted by molar-refractivity contribution is -0.117. The van der Waals surface area contributed by atoms with Gasteiger partial charge in [-0.15, -0.1) is 11.3 Å². The third kappa shape index (κ3) is 3.54. The summed E-state index contributed by atoms with van der Waals surface area (Å²) in [6.07, 6.45) is 5.75. The number of nitrogens with one attached hydrogen (secondary N) is 1. The zero-order valence-corrected chi connectivity index (χ0v) is 12.2. The Bertz CT molecular complexity index is 447. The van der Waals surface area contributed by atoms with Crippen LogP contribution in [0.3, 0.4) is 0 Å². The van der Waals surface area contributed by atoms with Crippen molar-refractivity contribution in [1.29, 1.82) is 0 Å². The summed E-state index contributed by atoms with van der Waals surface area (Å²) >= 11 is 1.50. The van der Waals surface area contributed by atoms with Crippen LogP contribution < -0.4 is 5.32 Å². The average Bonchev–Trinajstić information content (AvgIpc) is 3.15. The molecule has 0 bridgehead atoms. The van der Waals surface area contributed by atoms with Gasteiger partial charge in [-0.05, 0) is 51.6 Å². The van der Waals surface area contributed by atoms with Crippen LogP contribution in [0, 0.1) is 12.8 Å². The molecule has 0 atom stereocenters. The fraction of sp³-hybridized carbons (Fsp3) is 0.714. The fourth-order valence-corrected chi connectivity index (χ4v) is 3.51. The van der Waals surface area contributed by atoms with Gasteiger partial charge in [0.15, 0.2) is 5.13 Å². The molecule has 0 spiro atoms. The second-order valence-corrected chi connectivity index (χ2v) is 6.61. The van der Waals surface area contributed by atoms with Crippen LogP contribution in [-0.4, -0.2) is 34.9 Å². The van der Waals surface area contributed by atoms with Crippen LogP contribution in [0.2, 0.25) is 0 Å². The maximum absolute atomic E-state index is 12.0. The number of hydrogen-bond donors (Lipinski definition) is 1. The minimum absolute atomic E-state index is 0.124. The smallest absolute Gasteiger partial charge is 0.226 e. The number of hydrogen-bond acceptors (Lipinski definition) is 4. The molecule has 0 radical (unpaired) electrons. The van der Waals surface area contributed by atoms with Gasteiger partial charge in [0.2, 0.25) is 5.91 Å². The highest BCUT2D eigenvalue weighted by Crippen LogP contribution is 2.31. The number of rotatable bonds is 4. The summed E-state index contributed by atoms with van der Waals surface area (Å²) in [5, 5.41) is 5.61. The van der Waals surface area contributed by atoms with Crippen molar-refractivity contribution in [2.45, 2.75) is 45.1 Å². The summed E-state index contributed by atoms with van der Waals surface area (Å²) in [6, 6.07) is 0.869. The molecule has 104 valence electrons. The van der Waals surface area contributed by atoms with Crippen LogP contribution in [0.4, 0.5) is 5.13 Å². The molecule has 1 aromatic heterocycles. The number of thiazole rings is 1. The summed E-state index contributed by atoms with van der Waals surface area (Å²) in [6.45, 7) is 4.30. The number of aryl methyl sites for hydroxylation is 1. The van der Waals surface area contributed by atoms with Gasteiger partial charge in [0.25, 0.3) is 0 Å². The number of nitrogens with zero attached hydrogens (tertiary/aromatic N) is 2. The molecule has 5 heteroatoms. The van der Waals surface area contributed by atoms with Crippen molar-refractivity contribution in [1.82, 2.24) is 9.88 Å². The van der Waals surface area contributed by atoms with Crippen molar-refractivity contribution in [3.05, 3.63) is 11.1 Å². The van der Waals surface area contributed by atoms with Gasteiger partial charge < -0.3 is 10.2 Å². The summed E-state index contributed by atoms with van der Waals surface area (Å²) in [7, 11) is 0. The molecule has 1 aliphatic carbocycles. The largest absolute Gasteiger partial charge is 0.302 e. The molecule has 1 aliphatic heterocycles. The van der Waals surface area contributed by atoms with Crippen molar-refractivity contribution in [2.24, 2.45) is 5.92 Å².